The van der Waals surface area contributed by atoms with Gasteiger partial charge in [0, 0.05) is 13.0 Å². The third-order valence-electron chi connectivity index (χ3n) is 8.20. The van der Waals surface area contributed by atoms with E-state index < -0.39 is 12.3 Å². The van der Waals surface area contributed by atoms with E-state index in [1.165, 1.54) is 146 Å². The summed E-state index contributed by atoms with van der Waals surface area (Å²) < 4.78 is 0. The highest BCUT2D eigenvalue weighted by Gasteiger charge is 2.22. The first kappa shape index (κ1) is 38.4. The van der Waals surface area contributed by atoms with Gasteiger partial charge in [-0.1, -0.05) is 168 Å². The van der Waals surface area contributed by atoms with E-state index in [1.54, 1.807) is 6.92 Å². The second-order valence-electron chi connectivity index (χ2n) is 12.4. The molecule has 0 aromatic heterocycles. The second-order valence-corrected chi connectivity index (χ2v) is 12.4. The van der Waals surface area contributed by atoms with E-state index in [-0.39, 0.29) is 12.5 Å². The third-order valence-corrected chi connectivity index (χ3v) is 8.20. The van der Waals surface area contributed by atoms with Crippen LogP contribution < -0.4 is 0 Å². The molecule has 0 heterocycles. The largest absolute Gasteiger partial charge is 0.392 e. The first-order valence-electron chi connectivity index (χ1n) is 17.7. The van der Waals surface area contributed by atoms with Crippen LogP contribution in [0.3, 0.4) is 0 Å². The summed E-state index contributed by atoms with van der Waals surface area (Å²) in [7, 11) is 0. The van der Waals surface area contributed by atoms with Gasteiger partial charge in [0.05, 0.1) is 6.10 Å². The van der Waals surface area contributed by atoms with Crippen molar-refractivity contribution in [1.29, 1.82) is 0 Å². The summed E-state index contributed by atoms with van der Waals surface area (Å²) in [6, 6.07) is 0. The average Bonchev–Trinajstić information content (AvgIpc) is 2.92. The highest BCUT2D eigenvalue weighted by atomic mass is 16.3. The van der Waals surface area contributed by atoms with Crippen molar-refractivity contribution >= 4 is 5.91 Å². The summed E-state index contributed by atoms with van der Waals surface area (Å²) in [5.74, 6) is 0.00108. The summed E-state index contributed by atoms with van der Waals surface area (Å²) in [4.78, 5) is 14.3. The molecule has 0 aromatic carbocycles. The van der Waals surface area contributed by atoms with Gasteiger partial charge >= 0.3 is 0 Å². The van der Waals surface area contributed by atoms with Crippen molar-refractivity contribution in [3.63, 3.8) is 0 Å². The zero-order chi connectivity index (χ0) is 28.8. The van der Waals surface area contributed by atoms with Crippen LogP contribution >= 0.6 is 0 Å². The molecule has 0 aliphatic rings. The standard InChI is InChI=1S/C35H71NO3/c1-4-6-8-10-12-14-16-18-20-22-24-26-28-30-34(38)36(32-33(3)37)35(39)31-29-27-25-23-21-19-17-15-13-11-9-7-5-2/h33-34,37-38H,4-32H2,1-3H3. The van der Waals surface area contributed by atoms with Crippen LogP contribution in [0.1, 0.15) is 201 Å². The summed E-state index contributed by atoms with van der Waals surface area (Å²) in [6.07, 6.45) is 33.4. The molecule has 4 heteroatoms. The van der Waals surface area contributed by atoms with Crippen LogP contribution in [0.5, 0.6) is 0 Å². The first-order valence-corrected chi connectivity index (χ1v) is 17.7. The summed E-state index contributed by atoms with van der Waals surface area (Å²) in [6.45, 7) is 6.47. The monoisotopic (exact) mass is 554 g/mol. The normalized spacial score (nSPS) is 13.1. The van der Waals surface area contributed by atoms with E-state index in [0.29, 0.717) is 12.8 Å². The maximum Gasteiger partial charge on any atom is 0.224 e. The minimum Gasteiger partial charge on any atom is -0.392 e. The van der Waals surface area contributed by atoms with Crippen molar-refractivity contribution < 1.29 is 15.0 Å². The van der Waals surface area contributed by atoms with E-state index in [2.05, 4.69) is 13.8 Å². The van der Waals surface area contributed by atoms with Gasteiger partial charge in [0.15, 0.2) is 0 Å². The van der Waals surface area contributed by atoms with Crippen molar-refractivity contribution in [2.24, 2.45) is 0 Å². The fourth-order valence-corrected chi connectivity index (χ4v) is 5.61. The minimum absolute atomic E-state index is 0.00108. The highest BCUT2D eigenvalue weighted by Crippen LogP contribution is 2.17. The molecule has 0 aromatic rings. The Hall–Kier alpha value is -0.610. The van der Waals surface area contributed by atoms with Gasteiger partial charge in [-0.25, -0.2) is 0 Å². The Morgan fingerprint density at radius 3 is 1.15 bits per heavy atom. The lowest BCUT2D eigenvalue weighted by molar-refractivity contribution is -0.144. The first-order chi connectivity index (χ1) is 19.0. The van der Waals surface area contributed by atoms with Crippen molar-refractivity contribution in [3.05, 3.63) is 0 Å². The SMILES string of the molecule is CCCCCCCCCCCCCCCC(=O)N(CC(C)O)C(O)CCCCCCCCCCCCCCC. The summed E-state index contributed by atoms with van der Waals surface area (Å²) in [5.41, 5.74) is 0. The van der Waals surface area contributed by atoms with Gasteiger partial charge in [-0.15, -0.1) is 0 Å². The molecule has 0 saturated heterocycles. The lowest BCUT2D eigenvalue weighted by atomic mass is 10.0. The Kier molecular flexibility index (Phi) is 29.9. The fourth-order valence-electron chi connectivity index (χ4n) is 5.61. The molecule has 4 nitrogen and oxygen atoms in total. The summed E-state index contributed by atoms with van der Waals surface area (Å²) >= 11 is 0. The van der Waals surface area contributed by atoms with Gasteiger partial charge in [0.1, 0.15) is 6.23 Å². The average molecular weight is 554 g/mol. The quantitative estimate of drug-likeness (QED) is 0.0663. The van der Waals surface area contributed by atoms with Crippen LogP contribution in [-0.4, -0.2) is 39.9 Å². The number of hydrogen-bond acceptors (Lipinski definition) is 3. The molecular formula is C35H71NO3. The van der Waals surface area contributed by atoms with Crippen LogP contribution in [0.2, 0.25) is 0 Å². The molecular weight excluding hydrogens is 482 g/mol. The number of nitrogens with zero attached hydrogens (tertiary/aromatic N) is 1. The van der Waals surface area contributed by atoms with Crippen molar-refractivity contribution in [2.45, 2.75) is 213 Å². The van der Waals surface area contributed by atoms with Crippen molar-refractivity contribution in [2.75, 3.05) is 6.54 Å². The Bertz CT molecular complexity index is 496. The third kappa shape index (κ3) is 27.3. The number of aliphatic hydroxyl groups is 2. The van der Waals surface area contributed by atoms with Crippen molar-refractivity contribution in [1.82, 2.24) is 4.90 Å². The Balaban J connectivity index is 3.80. The molecule has 0 rings (SSSR count). The van der Waals surface area contributed by atoms with Gasteiger partial charge in [0.25, 0.3) is 0 Å². The number of hydrogen-bond donors (Lipinski definition) is 2. The number of carbonyl (C=O) groups is 1. The Labute approximate surface area is 245 Å². The molecule has 2 N–H and O–H groups in total. The van der Waals surface area contributed by atoms with Gasteiger partial charge in [-0.3, -0.25) is 4.79 Å². The molecule has 0 aliphatic heterocycles. The van der Waals surface area contributed by atoms with Gasteiger partial charge < -0.3 is 15.1 Å². The molecule has 2 unspecified atom stereocenters. The van der Waals surface area contributed by atoms with Crippen LogP contribution in [0.15, 0.2) is 0 Å². The Morgan fingerprint density at radius 1 is 0.513 bits per heavy atom. The predicted octanol–water partition coefficient (Wildman–Crippen LogP) is 10.5. The van der Waals surface area contributed by atoms with Crippen molar-refractivity contribution in [3.8, 4) is 0 Å². The predicted molar refractivity (Wildman–Crippen MR) is 170 cm³/mol. The second kappa shape index (κ2) is 30.4. The van der Waals surface area contributed by atoms with Crippen LogP contribution in [0, 0.1) is 0 Å². The molecule has 0 bridgehead atoms. The topological polar surface area (TPSA) is 60.8 Å². The van der Waals surface area contributed by atoms with Gasteiger partial charge in [-0.05, 0) is 26.2 Å². The van der Waals surface area contributed by atoms with E-state index in [9.17, 15) is 15.0 Å². The maximum absolute atomic E-state index is 12.8. The molecule has 0 fully saturated rings. The molecule has 234 valence electrons. The molecule has 39 heavy (non-hydrogen) atoms. The zero-order valence-electron chi connectivity index (χ0n) is 26.9. The molecule has 0 radical (unpaired) electrons. The van der Waals surface area contributed by atoms with E-state index in [1.807, 2.05) is 0 Å². The smallest absolute Gasteiger partial charge is 0.224 e. The van der Waals surface area contributed by atoms with Crippen LogP contribution in [-0.2, 0) is 4.79 Å². The molecule has 0 spiro atoms. The van der Waals surface area contributed by atoms with Crippen LogP contribution in [0.4, 0.5) is 0 Å². The number of rotatable bonds is 31. The van der Waals surface area contributed by atoms with Gasteiger partial charge in [-0.2, -0.15) is 0 Å². The van der Waals surface area contributed by atoms with E-state index >= 15 is 0 Å². The Morgan fingerprint density at radius 2 is 0.821 bits per heavy atom. The number of unbranched alkanes of at least 4 members (excludes halogenated alkanes) is 24. The fraction of sp³-hybridized carbons (Fsp3) is 0.971. The molecule has 1 amide bonds. The molecule has 0 saturated carbocycles. The molecule has 2 atom stereocenters. The lowest BCUT2D eigenvalue weighted by Crippen LogP contribution is -2.44. The maximum atomic E-state index is 12.8. The van der Waals surface area contributed by atoms with E-state index in [0.717, 1.165) is 25.7 Å². The number of carbonyl (C=O) groups excluding carboxylic acids is 1. The highest BCUT2D eigenvalue weighted by molar-refractivity contribution is 5.76. The number of amides is 1. The van der Waals surface area contributed by atoms with Gasteiger partial charge in [0.2, 0.25) is 5.91 Å². The van der Waals surface area contributed by atoms with Crippen LogP contribution in [0.25, 0.3) is 0 Å². The van der Waals surface area contributed by atoms with E-state index in [4.69, 9.17) is 0 Å². The summed E-state index contributed by atoms with van der Waals surface area (Å²) in [5, 5.41) is 20.6. The number of aliphatic hydroxyl groups excluding tert-OH is 2. The molecule has 0 aliphatic carbocycles. The zero-order valence-corrected chi connectivity index (χ0v) is 26.9. The minimum atomic E-state index is -0.762. The lowest BCUT2D eigenvalue weighted by Gasteiger charge is -2.29.